The number of carbonyl (C=O) groups is 2. The standard InChI is InChI=1S/C24H30O3/c1-3-23-8-6-16-15-5-4-14(25)11-17(15)13(2)10-18(16)22(23)19-12-20(19)24(23)9-7-21(26)27-24/h11,15-16,18-20,22H,2-10,12H2,1H3/t15-,16?,18?,19?,20?,22?,23+,24+/m1/s1. The second kappa shape index (κ2) is 5.15. The average Bonchev–Trinajstić information content (AvgIpc) is 3.30. The number of rotatable bonds is 1. The van der Waals surface area contributed by atoms with Gasteiger partial charge < -0.3 is 4.74 Å². The minimum absolute atomic E-state index is 0.0420. The van der Waals surface area contributed by atoms with Crippen molar-refractivity contribution in [1.29, 1.82) is 0 Å². The van der Waals surface area contributed by atoms with Gasteiger partial charge in [-0.15, -0.1) is 0 Å². The van der Waals surface area contributed by atoms with Gasteiger partial charge in [0, 0.05) is 24.2 Å². The summed E-state index contributed by atoms with van der Waals surface area (Å²) < 4.78 is 6.24. The minimum Gasteiger partial charge on any atom is -0.458 e. The zero-order valence-electron chi connectivity index (χ0n) is 16.3. The van der Waals surface area contributed by atoms with Crippen LogP contribution in [0.5, 0.6) is 0 Å². The first kappa shape index (κ1) is 16.6. The molecule has 1 spiro atoms. The maximum absolute atomic E-state index is 12.2. The smallest absolute Gasteiger partial charge is 0.306 e. The first-order chi connectivity index (χ1) is 13.0. The van der Waals surface area contributed by atoms with Crippen LogP contribution in [-0.2, 0) is 14.3 Å². The maximum atomic E-state index is 12.2. The zero-order chi connectivity index (χ0) is 18.6. The van der Waals surface area contributed by atoms with Crippen molar-refractivity contribution in [2.24, 2.45) is 40.9 Å². The molecule has 0 aromatic carbocycles. The molecule has 0 N–H and O–H groups in total. The van der Waals surface area contributed by atoms with Crippen molar-refractivity contribution in [1.82, 2.24) is 0 Å². The Bertz CT molecular complexity index is 793. The van der Waals surface area contributed by atoms with Gasteiger partial charge in [-0.1, -0.05) is 19.1 Å². The predicted octanol–water partition coefficient (Wildman–Crippen LogP) is 4.62. The first-order valence-electron chi connectivity index (χ1n) is 11.1. The number of hydrogen-bond acceptors (Lipinski definition) is 3. The molecule has 4 saturated carbocycles. The third-order valence-electron chi connectivity index (χ3n) is 9.77. The van der Waals surface area contributed by atoms with Crippen LogP contribution in [-0.4, -0.2) is 17.4 Å². The fourth-order valence-electron chi connectivity index (χ4n) is 8.93. The summed E-state index contributed by atoms with van der Waals surface area (Å²) in [7, 11) is 0. The van der Waals surface area contributed by atoms with Crippen molar-refractivity contribution in [3.63, 3.8) is 0 Å². The summed E-state index contributed by atoms with van der Waals surface area (Å²) in [6.45, 7) is 6.76. The van der Waals surface area contributed by atoms with E-state index in [9.17, 15) is 9.59 Å². The lowest BCUT2D eigenvalue weighted by molar-refractivity contribution is -0.178. The van der Waals surface area contributed by atoms with E-state index >= 15 is 0 Å². The van der Waals surface area contributed by atoms with E-state index in [4.69, 9.17) is 4.74 Å². The van der Waals surface area contributed by atoms with E-state index in [-0.39, 0.29) is 17.0 Å². The van der Waals surface area contributed by atoms with Crippen molar-refractivity contribution in [3.05, 3.63) is 23.8 Å². The van der Waals surface area contributed by atoms with Crippen molar-refractivity contribution in [2.75, 3.05) is 0 Å². The fourth-order valence-corrected chi connectivity index (χ4v) is 8.93. The number of fused-ring (bicyclic) bond motifs is 9. The molecule has 0 aromatic heterocycles. The largest absolute Gasteiger partial charge is 0.458 e. The summed E-state index contributed by atoms with van der Waals surface area (Å²) >= 11 is 0. The van der Waals surface area contributed by atoms with Crippen LogP contribution in [0, 0.1) is 40.9 Å². The lowest BCUT2D eigenvalue weighted by Gasteiger charge is -2.58. The normalized spacial score (nSPS) is 52.6. The predicted molar refractivity (Wildman–Crippen MR) is 102 cm³/mol. The molecule has 0 aromatic rings. The second-order valence-corrected chi connectivity index (χ2v) is 10.3. The van der Waals surface area contributed by atoms with E-state index in [0.717, 1.165) is 31.6 Å². The van der Waals surface area contributed by atoms with Gasteiger partial charge >= 0.3 is 5.97 Å². The SMILES string of the molecule is C=C1CC2C(CC[C@@]3(CC)C2C2CC2[C@@]32CCC(=O)O2)[C@H]2CCC(=O)C=C12. The Morgan fingerprint density at radius 2 is 2.00 bits per heavy atom. The van der Waals surface area contributed by atoms with Gasteiger partial charge in [0.25, 0.3) is 0 Å². The molecular weight excluding hydrogens is 336 g/mol. The van der Waals surface area contributed by atoms with Gasteiger partial charge in [-0.25, -0.2) is 0 Å². The molecule has 1 saturated heterocycles. The molecule has 6 aliphatic rings. The molecule has 3 heteroatoms. The van der Waals surface area contributed by atoms with Crippen LogP contribution in [0.2, 0.25) is 0 Å². The number of hydrogen-bond donors (Lipinski definition) is 0. The van der Waals surface area contributed by atoms with Crippen molar-refractivity contribution >= 4 is 11.8 Å². The van der Waals surface area contributed by atoms with Crippen LogP contribution in [0.1, 0.15) is 64.7 Å². The van der Waals surface area contributed by atoms with Crippen LogP contribution in [0.25, 0.3) is 0 Å². The molecule has 0 bridgehead atoms. The summed E-state index contributed by atoms with van der Waals surface area (Å²) in [6, 6.07) is 0. The van der Waals surface area contributed by atoms with Gasteiger partial charge in [0.15, 0.2) is 5.78 Å². The van der Waals surface area contributed by atoms with Gasteiger partial charge in [-0.3, -0.25) is 9.59 Å². The van der Waals surface area contributed by atoms with E-state index in [1.165, 1.54) is 30.4 Å². The van der Waals surface area contributed by atoms with Crippen LogP contribution in [0.15, 0.2) is 23.8 Å². The number of carbonyl (C=O) groups excluding carboxylic acids is 2. The fraction of sp³-hybridized carbons (Fsp3) is 0.750. The van der Waals surface area contributed by atoms with Gasteiger partial charge in [0.1, 0.15) is 5.60 Å². The molecular formula is C24H30O3. The Balaban J connectivity index is 1.42. The third kappa shape index (κ3) is 1.85. The Morgan fingerprint density at radius 1 is 1.15 bits per heavy atom. The highest BCUT2D eigenvalue weighted by molar-refractivity contribution is 5.92. The van der Waals surface area contributed by atoms with Crippen LogP contribution < -0.4 is 0 Å². The molecule has 27 heavy (non-hydrogen) atoms. The number of allylic oxidation sites excluding steroid dienone is 2. The van der Waals surface area contributed by atoms with Gasteiger partial charge in [-0.2, -0.15) is 0 Å². The molecule has 1 aliphatic heterocycles. The highest BCUT2D eigenvalue weighted by atomic mass is 16.6. The molecule has 3 nitrogen and oxygen atoms in total. The zero-order valence-corrected chi connectivity index (χ0v) is 16.3. The van der Waals surface area contributed by atoms with E-state index in [1.807, 2.05) is 6.08 Å². The van der Waals surface area contributed by atoms with Gasteiger partial charge in [0.05, 0.1) is 0 Å². The number of ether oxygens (including phenoxy) is 1. The molecule has 5 unspecified atom stereocenters. The number of esters is 1. The summed E-state index contributed by atoms with van der Waals surface area (Å²) in [5.41, 5.74) is 2.55. The molecule has 8 atom stereocenters. The summed E-state index contributed by atoms with van der Waals surface area (Å²) in [4.78, 5) is 24.2. The van der Waals surface area contributed by atoms with Gasteiger partial charge in [0.2, 0.25) is 0 Å². The monoisotopic (exact) mass is 366 g/mol. The van der Waals surface area contributed by atoms with Crippen LogP contribution >= 0.6 is 0 Å². The van der Waals surface area contributed by atoms with Crippen LogP contribution in [0.4, 0.5) is 0 Å². The maximum Gasteiger partial charge on any atom is 0.306 e. The Morgan fingerprint density at radius 3 is 2.74 bits per heavy atom. The molecule has 5 aliphatic carbocycles. The third-order valence-corrected chi connectivity index (χ3v) is 9.77. The Labute approximate surface area is 161 Å². The Kier molecular flexibility index (Phi) is 3.16. The van der Waals surface area contributed by atoms with Gasteiger partial charge in [-0.05, 0) is 86.2 Å². The Hall–Kier alpha value is -1.38. The number of ketones is 1. The second-order valence-electron chi connectivity index (χ2n) is 10.3. The molecule has 0 amide bonds. The van der Waals surface area contributed by atoms with Crippen molar-refractivity contribution in [3.8, 4) is 0 Å². The van der Waals surface area contributed by atoms with Crippen molar-refractivity contribution < 1.29 is 14.3 Å². The lowest BCUT2D eigenvalue weighted by atomic mass is 9.47. The van der Waals surface area contributed by atoms with E-state index in [2.05, 4.69) is 13.5 Å². The summed E-state index contributed by atoms with van der Waals surface area (Å²) in [6.07, 6.45) is 11.1. The van der Waals surface area contributed by atoms with E-state index < -0.39 is 0 Å². The molecule has 0 radical (unpaired) electrons. The van der Waals surface area contributed by atoms with E-state index in [1.54, 1.807) is 0 Å². The first-order valence-corrected chi connectivity index (χ1v) is 11.1. The summed E-state index contributed by atoms with van der Waals surface area (Å²) in [5.74, 6) is 4.32. The molecule has 6 rings (SSSR count). The minimum atomic E-state index is -0.154. The highest BCUT2D eigenvalue weighted by Gasteiger charge is 2.79. The highest BCUT2D eigenvalue weighted by Crippen LogP contribution is 2.79. The van der Waals surface area contributed by atoms with Crippen molar-refractivity contribution in [2.45, 2.75) is 70.3 Å². The van der Waals surface area contributed by atoms with Crippen LogP contribution in [0.3, 0.4) is 0 Å². The topological polar surface area (TPSA) is 43.4 Å². The molecule has 5 fully saturated rings. The average molecular weight is 367 g/mol. The lowest BCUT2D eigenvalue weighted by Crippen LogP contribution is -2.56. The van der Waals surface area contributed by atoms with E-state index in [0.29, 0.717) is 48.2 Å². The summed E-state index contributed by atoms with van der Waals surface area (Å²) in [5, 5.41) is 0. The quantitative estimate of drug-likeness (QED) is 0.636. The molecule has 1 heterocycles. The molecule has 144 valence electrons.